The van der Waals surface area contributed by atoms with Gasteiger partial charge in [-0.25, -0.2) is 9.38 Å². The molecule has 1 aromatic carbocycles. The molecule has 0 unspecified atom stereocenters. The molecule has 1 N–H and O–H groups in total. The fourth-order valence-electron chi connectivity index (χ4n) is 3.24. The number of benzene rings is 1. The Labute approximate surface area is 123 Å². The van der Waals surface area contributed by atoms with Crippen LogP contribution in [0.1, 0.15) is 37.9 Å². The monoisotopic (exact) mass is 281 g/mol. The summed E-state index contributed by atoms with van der Waals surface area (Å²) in [6.07, 6.45) is 6.39. The first kappa shape index (κ1) is 12.6. The maximum absolute atomic E-state index is 4.80. The zero-order valence-electron chi connectivity index (χ0n) is 12.2. The molecule has 1 aliphatic carbocycles. The van der Waals surface area contributed by atoms with Crippen molar-refractivity contribution in [3.8, 4) is 0 Å². The third kappa shape index (κ3) is 2.13. The zero-order valence-corrected chi connectivity index (χ0v) is 12.2. The highest BCUT2D eigenvalue weighted by atomic mass is 15.3. The average Bonchev–Trinajstić information content (AvgIpc) is 2.91. The van der Waals surface area contributed by atoms with Gasteiger partial charge < -0.3 is 5.32 Å². The Morgan fingerprint density at radius 3 is 2.76 bits per heavy atom. The van der Waals surface area contributed by atoms with Crippen LogP contribution in [0.3, 0.4) is 0 Å². The highest BCUT2D eigenvalue weighted by Crippen LogP contribution is 2.25. The molecule has 0 atom stereocenters. The van der Waals surface area contributed by atoms with E-state index in [1.54, 1.807) is 0 Å². The third-order valence-corrected chi connectivity index (χ3v) is 4.35. The number of aromatic nitrogens is 4. The summed E-state index contributed by atoms with van der Waals surface area (Å²) in [6, 6.07) is 8.63. The van der Waals surface area contributed by atoms with Gasteiger partial charge in [0.05, 0.1) is 5.52 Å². The molecule has 0 amide bonds. The first-order valence-electron chi connectivity index (χ1n) is 7.70. The van der Waals surface area contributed by atoms with E-state index >= 15 is 0 Å². The van der Waals surface area contributed by atoms with Gasteiger partial charge in [-0.15, -0.1) is 10.2 Å². The van der Waals surface area contributed by atoms with E-state index < -0.39 is 0 Å². The summed E-state index contributed by atoms with van der Waals surface area (Å²) in [7, 11) is 0. The van der Waals surface area contributed by atoms with Crippen LogP contribution in [0.25, 0.3) is 16.6 Å². The normalized spacial score (nSPS) is 16.6. The van der Waals surface area contributed by atoms with Crippen molar-refractivity contribution >= 4 is 22.5 Å². The predicted molar refractivity (Wildman–Crippen MR) is 83.5 cm³/mol. The van der Waals surface area contributed by atoms with Crippen LogP contribution in [0.5, 0.6) is 0 Å². The third-order valence-electron chi connectivity index (χ3n) is 4.35. The summed E-state index contributed by atoms with van der Waals surface area (Å²) in [6.45, 7) is 1.97. The van der Waals surface area contributed by atoms with Crippen LogP contribution in [0, 0.1) is 6.92 Å². The minimum atomic E-state index is 0.511. The lowest BCUT2D eigenvalue weighted by atomic mass is 9.96. The highest BCUT2D eigenvalue weighted by molar-refractivity contribution is 5.92. The van der Waals surface area contributed by atoms with Crippen LogP contribution in [0.15, 0.2) is 24.3 Å². The number of nitrogens with one attached hydrogen (secondary N) is 1. The first-order valence-corrected chi connectivity index (χ1v) is 7.70. The van der Waals surface area contributed by atoms with E-state index in [4.69, 9.17) is 4.98 Å². The lowest BCUT2D eigenvalue weighted by molar-refractivity contribution is 0.460. The number of nitrogens with zero attached hydrogens (tertiary/aromatic N) is 4. The zero-order chi connectivity index (χ0) is 14.2. The molecule has 0 bridgehead atoms. The fourth-order valence-corrected chi connectivity index (χ4v) is 3.24. The minimum absolute atomic E-state index is 0.511. The van der Waals surface area contributed by atoms with Crippen molar-refractivity contribution in [1.29, 1.82) is 0 Å². The lowest BCUT2D eigenvalue weighted by Gasteiger charge is -2.23. The Morgan fingerprint density at radius 2 is 1.90 bits per heavy atom. The summed E-state index contributed by atoms with van der Waals surface area (Å²) >= 11 is 0. The molecule has 0 saturated heterocycles. The summed E-state index contributed by atoms with van der Waals surface area (Å²) in [5.74, 6) is 1.75. The van der Waals surface area contributed by atoms with Crippen LogP contribution in [-0.4, -0.2) is 25.6 Å². The maximum Gasteiger partial charge on any atom is 0.211 e. The second kappa shape index (κ2) is 4.98. The molecular weight excluding hydrogens is 262 g/mol. The van der Waals surface area contributed by atoms with Crippen molar-refractivity contribution in [3.63, 3.8) is 0 Å². The summed E-state index contributed by atoms with van der Waals surface area (Å²) in [4.78, 5) is 4.80. The van der Waals surface area contributed by atoms with Gasteiger partial charge in [0, 0.05) is 11.4 Å². The SMILES string of the molecule is Cc1nnc2c3ccccc3nc(NC3CCCCC3)n12. The molecule has 2 aromatic heterocycles. The van der Waals surface area contributed by atoms with Crippen LogP contribution in [0.2, 0.25) is 0 Å². The maximum atomic E-state index is 4.80. The van der Waals surface area contributed by atoms with E-state index in [-0.39, 0.29) is 0 Å². The number of para-hydroxylation sites is 1. The van der Waals surface area contributed by atoms with Gasteiger partial charge in [-0.1, -0.05) is 31.4 Å². The molecule has 108 valence electrons. The standard InChI is InChI=1S/C16H19N5/c1-11-19-20-15-13-9-5-6-10-14(13)18-16(21(11)15)17-12-7-3-2-4-8-12/h5-6,9-10,12H,2-4,7-8H2,1H3,(H,17,18). The Kier molecular flexibility index (Phi) is 2.98. The quantitative estimate of drug-likeness (QED) is 0.783. The predicted octanol–water partition coefficient (Wildman–Crippen LogP) is 3.33. The number of anilines is 1. The molecule has 2 heterocycles. The number of hydrogen-bond acceptors (Lipinski definition) is 4. The summed E-state index contributed by atoms with van der Waals surface area (Å²) in [5, 5.41) is 13.2. The van der Waals surface area contributed by atoms with E-state index in [2.05, 4.69) is 21.6 Å². The average molecular weight is 281 g/mol. The van der Waals surface area contributed by atoms with Crippen molar-refractivity contribution in [2.24, 2.45) is 0 Å². The van der Waals surface area contributed by atoms with Gasteiger partial charge in [0.15, 0.2) is 5.65 Å². The molecule has 0 aliphatic heterocycles. The van der Waals surface area contributed by atoms with Crippen LogP contribution >= 0.6 is 0 Å². The highest BCUT2D eigenvalue weighted by Gasteiger charge is 2.17. The van der Waals surface area contributed by atoms with Gasteiger partial charge >= 0.3 is 0 Å². The van der Waals surface area contributed by atoms with Gasteiger partial charge in [0.1, 0.15) is 5.82 Å². The molecule has 5 nitrogen and oxygen atoms in total. The Hall–Kier alpha value is -2.17. The number of aryl methyl sites for hydroxylation is 1. The summed E-state index contributed by atoms with van der Waals surface area (Å²) < 4.78 is 2.04. The second-order valence-corrected chi connectivity index (χ2v) is 5.84. The van der Waals surface area contributed by atoms with Gasteiger partial charge in [0.25, 0.3) is 0 Å². The van der Waals surface area contributed by atoms with Gasteiger partial charge in [0.2, 0.25) is 5.95 Å². The van der Waals surface area contributed by atoms with E-state index in [0.29, 0.717) is 6.04 Å². The van der Waals surface area contributed by atoms with Crippen LogP contribution in [0.4, 0.5) is 5.95 Å². The molecule has 1 saturated carbocycles. The number of hydrogen-bond donors (Lipinski definition) is 1. The smallest absolute Gasteiger partial charge is 0.211 e. The molecule has 0 spiro atoms. The second-order valence-electron chi connectivity index (χ2n) is 5.84. The van der Waals surface area contributed by atoms with Crippen molar-refractivity contribution in [2.45, 2.75) is 45.1 Å². The molecule has 1 fully saturated rings. The van der Waals surface area contributed by atoms with Crippen molar-refractivity contribution in [1.82, 2.24) is 19.6 Å². The van der Waals surface area contributed by atoms with E-state index in [1.807, 2.05) is 29.5 Å². The number of rotatable bonds is 2. The fraction of sp³-hybridized carbons (Fsp3) is 0.438. The van der Waals surface area contributed by atoms with Crippen molar-refractivity contribution in [3.05, 3.63) is 30.1 Å². The molecule has 3 aromatic rings. The van der Waals surface area contributed by atoms with Crippen LogP contribution in [-0.2, 0) is 0 Å². The Bertz CT molecular complexity index is 786. The van der Waals surface area contributed by atoms with Crippen LogP contribution < -0.4 is 5.32 Å². The Morgan fingerprint density at radius 1 is 1.10 bits per heavy atom. The minimum Gasteiger partial charge on any atom is -0.353 e. The summed E-state index contributed by atoms with van der Waals surface area (Å²) in [5.41, 5.74) is 1.85. The van der Waals surface area contributed by atoms with Gasteiger partial charge in [-0.05, 0) is 31.9 Å². The molecular formula is C16H19N5. The molecule has 4 rings (SSSR count). The van der Waals surface area contributed by atoms with Gasteiger partial charge in [-0.3, -0.25) is 0 Å². The molecule has 5 heteroatoms. The first-order chi connectivity index (χ1) is 10.3. The van der Waals surface area contributed by atoms with Crippen molar-refractivity contribution in [2.75, 3.05) is 5.32 Å². The van der Waals surface area contributed by atoms with Crippen molar-refractivity contribution < 1.29 is 0 Å². The van der Waals surface area contributed by atoms with E-state index in [0.717, 1.165) is 28.3 Å². The lowest BCUT2D eigenvalue weighted by Crippen LogP contribution is -2.24. The number of fused-ring (bicyclic) bond motifs is 3. The molecule has 1 aliphatic rings. The molecule has 0 radical (unpaired) electrons. The topological polar surface area (TPSA) is 55.1 Å². The van der Waals surface area contributed by atoms with Gasteiger partial charge in [-0.2, -0.15) is 0 Å². The largest absolute Gasteiger partial charge is 0.353 e. The van der Waals surface area contributed by atoms with E-state index in [1.165, 1.54) is 32.1 Å². The molecule has 21 heavy (non-hydrogen) atoms. The van der Waals surface area contributed by atoms with E-state index in [9.17, 15) is 0 Å². The Balaban J connectivity index is 1.86.